The summed E-state index contributed by atoms with van der Waals surface area (Å²) in [6.45, 7) is 0.104. The smallest absolute Gasteiger partial charge is 0.305 e. The number of thiocarbonyl (C=S) groups is 1. The first-order valence-corrected chi connectivity index (χ1v) is 7.72. The Labute approximate surface area is 134 Å². The van der Waals surface area contributed by atoms with Crippen LogP contribution in [0.25, 0.3) is 6.08 Å². The van der Waals surface area contributed by atoms with Gasteiger partial charge in [-0.25, -0.2) is 0 Å². The van der Waals surface area contributed by atoms with E-state index in [1.54, 1.807) is 6.08 Å². The Balaban J connectivity index is 2.19. The van der Waals surface area contributed by atoms with E-state index in [-0.39, 0.29) is 18.9 Å². The highest BCUT2D eigenvalue weighted by atomic mass is 79.9. The van der Waals surface area contributed by atoms with Gasteiger partial charge < -0.3 is 5.11 Å². The van der Waals surface area contributed by atoms with Gasteiger partial charge >= 0.3 is 5.97 Å². The summed E-state index contributed by atoms with van der Waals surface area (Å²) in [5, 5.41) is 8.67. The first-order chi connectivity index (χ1) is 9.49. The fraction of sp³-hybridized carbons (Fsp3) is 0.154. The summed E-state index contributed by atoms with van der Waals surface area (Å²) in [7, 11) is 0. The van der Waals surface area contributed by atoms with Gasteiger partial charge in [-0.3, -0.25) is 14.5 Å². The van der Waals surface area contributed by atoms with Crippen LogP contribution in [0.1, 0.15) is 12.0 Å². The van der Waals surface area contributed by atoms with Crippen molar-refractivity contribution >= 4 is 62.2 Å². The molecule has 0 atom stereocenters. The predicted octanol–water partition coefficient (Wildman–Crippen LogP) is 3.13. The number of hydrogen-bond donors (Lipinski definition) is 1. The lowest BCUT2D eigenvalue weighted by Gasteiger charge is -2.12. The third-order valence-electron chi connectivity index (χ3n) is 2.61. The minimum Gasteiger partial charge on any atom is -0.481 e. The molecule has 1 heterocycles. The maximum atomic E-state index is 12.2. The molecule has 1 aromatic rings. The van der Waals surface area contributed by atoms with Gasteiger partial charge in [-0.15, -0.1) is 0 Å². The van der Waals surface area contributed by atoms with Crippen molar-refractivity contribution in [2.75, 3.05) is 6.54 Å². The van der Waals surface area contributed by atoms with Crippen LogP contribution in [-0.2, 0) is 9.59 Å². The molecule has 2 rings (SSSR count). The monoisotopic (exact) mass is 371 g/mol. The largest absolute Gasteiger partial charge is 0.481 e. The molecule has 1 aromatic carbocycles. The van der Waals surface area contributed by atoms with Gasteiger partial charge in [0.2, 0.25) is 0 Å². The van der Waals surface area contributed by atoms with Crippen molar-refractivity contribution < 1.29 is 14.7 Å². The number of halogens is 1. The van der Waals surface area contributed by atoms with E-state index in [9.17, 15) is 9.59 Å². The Kier molecular flexibility index (Phi) is 4.95. The second-order valence-corrected chi connectivity index (χ2v) is 6.53. The van der Waals surface area contributed by atoms with Crippen LogP contribution in [0.2, 0.25) is 0 Å². The lowest BCUT2D eigenvalue weighted by molar-refractivity contribution is -0.137. The molecular formula is C13H10BrNO3S2. The average molecular weight is 372 g/mol. The molecule has 1 saturated heterocycles. The summed E-state index contributed by atoms with van der Waals surface area (Å²) < 4.78 is 1.28. The molecule has 0 saturated carbocycles. The topological polar surface area (TPSA) is 57.6 Å². The highest BCUT2D eigenvalue weighted by Gasteiger charge is 2.32. The third kappa shape index (κ3) is 3.47. The van der Waals surface area contributed by atoms with E-state index < -0.39 is 5.97 Å². The van der Waals surface area contributed by atoms with Gasteiger partial charge in [0, 0.05) is 11.0 Å². The average Bonchev–Trinajstić information content (AvgIpc) is 2.65. The van der Waals surface area contributed by atoms with Gasteiger partial charge in [-0.05, 0) is 17.7 Å². The normalized spacial score (nSPS) is 17.1. The molecule has 0 unspecified atom stereocenters. The minimum absolute atomic E-state index is 0.104. The minimum atomic E-state index is -0.950. The van der Waals surface area contributed by atoms with E-state index in [1.165, 1.54) is 16.7 Å². The molecule has 1 fully saturated rings. The third-order valence-corrected chi connectivity index (χ3v) is 4.71. The van der Waals surface area contributed by atoms with Crippen LogP contribution in [0.4, 0.5) is 0 Å². The molecule has 0 radical (unpaired) electrons. The van der Waals surface area contributed by atoms with Crippen molar-refractivity contribution in [3.05, 3.63) is 39.2 Å². The first kappa shape index (κ1) is 15.2. The Morgan fingerprint density at radius 3 is 2.80 bits per heavy atom. The van der Waals surface area contributed by atoms with E-state index in [0.29, 0.717) is 9.23 Å². The lowest BCUT2D eigenvalue weighted by Crippen LogP contribution is -2.30. The van der Waals surface area contributed by atoms with Gasteiger partial charge in [0.25, 0.3) is 5.91 Å². The molecule has 4 nitrogen and oxygen atoms in total. The van der Waals surface area contributed by atoms with Gasteiger partial charge in [0.1, 0.15) is 4.32 Å². The zero-order chi connectivity index (χ0) is 14.7. The first-order valence-electron chi connectivity index (χ1n) is 5.70. The number of carbonyl (C=O) groups excluding carboxylic acids is 1. The molecular weight excluding hydrogens is 362 g/mol. The van der Waals surface area contributed by atoms with Gasteiger partial charge in [-0.1, -0.05) is 58.1 Å². The molecule has 0 bridgehead atoms. The number of aliphatic carboxylic acids is 1. The van der Waals surface area contributed by atoms with Crippen LogP contribution in [0.15, 0.2) is 33.6 Å². The molecule has 7 heteroatoms. The van der Waals surface area contributed by atoms with Crippen molar-refractivity contribution in [1.29, 1.82) is 0 Å². The lowest BCUT2D eigenvalue weighted by atomic mass is 10.2. The highest BCUT2D eigenvalue weighted by Crippen LogP contribution is 2.33. The van der Waals surface area contributed by atoms with E-state index in [0.717, 1.165) is 10.0 Å². The van der Waals surface area contributed by atoms with Crippen molar-refractivity contribution in [2.45, 2.75) is 6.42 Å². The summed E-state index contributed by atoms with van der Waals surface area (Å²) in [6.07, 6.45) is 1.64. The number of thioether (sulfide) groups is 1. The summed E-state index contributed by atoms with van der Waals surface area (Å²) in [4.78, 5) is 24.6. The van der Waals surface area contributed by atoms with E-state index in [4.69, 9.17) is 17.3 Å². The maximum absolute atomic E-state index is 12.2. The Morgan fingerprint density at radius 2 is 2.15 bits per heavy atom. The molecule has 104 valence electrons. The van der Waals surface area contributed by atoms with Crippen LogP contribution in [0.3, 0.4) is 0 Å². The molecule has 1 aliphatic heterocycles. The van der Waals surface area contributed by atoms with E-state index in [1.807, 2.05) is 24.3 Å². The molecule has 0 aliphatic carbocycles. The van der Waals surface area contributed by atoms with Crippen molar-refractivity contribution in [3.63, 3.8) is 0 Å². The van der Waals surface area contributed by atoms with Crippen LogP contribution >= 0.6 is 39.9 Å². The molecule has 1 aliphatic rings. The maximum Gasteiger partial charge on any atom is 0.305 e. The number of carboxylic acid groups (broad SMARTS) is 1. The SMILES string of the molecule is O=C(O)CCN1C(=O)/C(=C/c2ccccc2Br)SC1=S. The fourth-order valence-corrected chi connectivity index (χ4v) is 3.33. The van der Waals surface area contributed by atoms with Crippen LogP contribution in [0, 0.1) is 0 Å². The van der Waals surface area contributed by atoms with E-state index >= 15 is 0 Å². The Hall–Kier alpha value is -1.18. The Morgan fingerprint density at radius 1 is 1.45 bits per heavy atom. The zero-order valence-corrected chi connectivity index (χ0v) is 13.4. The van der Waals surface area contributed by atoms with Crippen molar-refractivity contribution in [1.82, 2.24) is 4.90 Å². The molecule has 1 amide bonds. The number of carboxylic acids is 1. The second-order valence-electron chi connectivity index (χ2n) is 4.00. The standard InChI is InChI=1S/C13H10BrNO3S2/c14-9-4-2-1-3-8(9)7-10-12(18)15(13(19)20-10)6-5-11(16)17/h1-4,7H,5-6H2,(H,16,17)/b10-7-. The number of carbonyl (C=O) groups is 2. The van der Waals surface area contributed by atoms with Gasteiger partial charge in [-0.2, -0.15) is 0 Å². The quantitative estimate of drug-likeness (QED) is 0.650. The van der Waals surface area contributed by atoms with Crippen LogP contribution < -0.4 is 0 Å². The van der Waals surface area contributed by atoms with E-state index in [2.05, 4.69) is 15.9 Å². The van der Waals surface area contributed by atoms with Gasteiger partial charge in [0.05, 0.1) is 11.3 Å². The number of hydrogen-bond acceptors (Lipinski definition) is 4. The summed E-state index contributed by atoms with van der Waals surface area (Å²) >= 11 is 9.72. The van der Waals surface area contributed by atoms with Crippen molar-refractivity contribution in [2.24, 2.45) is 0 Å². The Bertz CT molecular complexity index is 615. The predicted molar refractivity (Wildman–Crippen MR) is 86.3 cm³/mol. The number of nitrogens with zero attached hydrogens (tertiary/aromatic N) is 1. The summed E-state index contributed by atoms with van der Waals surface area (Å²) in [5.41, 5.74) is 0.881. The highest BCUT2D eigenvalue weighted by molar-refractivity contribution is 9.10. The molecule has 0 spiro atoms. The summed E-state index contributed by atoms with van der Waals surface area (Å²) in [6, 6.07) is 7.53. The van der Waals surface area contributed by atoms with Crippen LogP contribution in [0.5, 0.6) is 0 Å². The zero-order valence-electron chi connectivity index (χ0n) is 10.2. The van der Waals surface area contributed by atoms with Crippen molar-refractivity contribution in [3.8, 4) is 0 Å². The molecule has 20 heavy (non-hydrogen) atoms. The second kappa shape index (κ2) is 6.51. The molecule has 1 N–H and O–H groups in total. The number of benzene rings is 1. The fourth-order valence-electron chi connectivity index (χ4n) is 1.63. The number of rotatable bonds is 4. The van der Waals surface area contributed by atoms with Crippen LogP contribution in [-0.4, -0.2) is 32.7 Å². The molecule has 0 aromatic heterocycles. The summed E-state index contributed by atoms with van der Waals surface area (Å²) in [5.74, 6) is -1.19. The van der Waals surface area contributed by atoms with Gasteiger partial charge in [0.15, 0.2) is 0 Å². The number of amides is 1.